The molecule has 1 saturated heterocycles. The second kappa shape index (κ2) is 4.18. The molecular weight excluding hydrogens is 212 g/mol. The highest BCUT2D eigenvalue weighted by atomic mass is 16.6. The van der Waals surface area contributed by atoms with Crippen LogP contribution in [0.3, 0.4) is 0 Å². The molecule has 2 rings (SSSR count). The monoisotopic (exact) mass is 222 g/mol. The Morgan fingerprint density at radius 3 is 3.12 bits per heavy atom. The van der Waals surface area contributed by atoms with Gasteiger partial charge in [-0.2, -0.15) is 0 Å². The molecule has 1 aromatic rings. The van der Waals surface area contributed by atoms with Crippen LogP contribution in [0.1, 0.15) is 11.7 Å². The Hall–Kier alpha value is -2.11. The van der Waals surface area contributed by atoms with Crippen molar-refractivity contribution < 1.29 is 19.4 Å². The van der Waals surface area contributed by atoms with Gasteiger partial charge in [-0.1, -0.05) is 6.07 Å². The number of carbonyl (C=O) groups is 2. The second-order valence-electron chi connectivity index (χ2n) is 3.43. The summed E-state index contributed by atoms with van der Waals surface area (Å²) >= 11 is 0. The van der Waals surface area contributed by atoms with Gasteiger partial charge in [-0.3, -0.25) is 14.7 Å². The van der Waals surface area contributed by atoms with Crippen molar-refractivity contribution in [2.45, 2.75) is 6.10 Å². The zero-order valence-electron chi connectivity index (χ0n) is 8.37. The van der Waals surface area contributed by atoms with E-state index in [2.05, 4.69) is 4.98 Å². The summed E-state index contributed by atoms with van der Waals surface area (Å²) in [5.41, 5.74) is 0.767. The van der Waals surface area contributed by atoms with Crippen LogP contribution in [0, 0.1) is 0 Å². The van der Waals surface area contributed by atoms with Gasteiger partial charge in [0.15, 0.2) is 0 Å². The average Bonchev–Trinajstić information content (AvgIpc) is 2.61. The molecule has 84 valence electrons. The predicted molar refractivity (Wildman–Crippen MR) is 52.7 cm³/mol. The first-order chi connectivity index (χ1) is 7.66. The summed E-state index contributed by atoms with van der Waals surface area (Å²) in [6.07, 6.45) is 2.19. The highest BCUT2D eigenvalue weighted by Gasteiger charge is 2.33. The number of cyclic esters (lactones) is 1. The molecule has 2 heterocycles. The molecule has 0 aromatic carbocycles. The Morgan fingerprint density at radius 1 is 1.69 bits per heavy atom. The first-order valence-electron chi connectivity index (χ1n) is 4.74. The van der Waals surface area contributed by atoms with E-state index in [1.165, 1.54) is 0 Å². The van der Waals surface area contributed by atoms with E-state index < -0.39 is 18.2 Å². The Bertz CT molecular complexity index is 407. The lowest BCUT2D eigenvalue weighted by Gasteiger charge is -2.08. The van der Waals surface area contributed by atoms with Gasteiger partial charge in [0.1, 0.15) is 12.6 Å². The van der Waals surface area contributed by atoms with Crippen LogP contribution in [0.4, 0.5) is 4.79 Å². The van der Waals surface area contributed by atoms with Crippen LogP contribution in [-0.4, -0.2) is 40.1 Å². The lowest BCUT2D eigenvalue weighted by atomic mass is 10.1. The molecule has 0 aliphatic carbocycles. The summed E-state index contributed by atoms with van der Waals surface area (Å²) in [6.45, 7) is -0.0909. The maximum absolute atomic E-state index is 11.3. The summed E-state index contributed by atoms with van der Waals surface area (Å²) in [5.74, 6) is -1.05. The number of ether oxygens (including phenoxy) is 1. The number of hydrogen-bond donors (Lipinski definition) is 1. The van der Waals surface area contributed by atoms with Gasteiger partial charge in [0.05, 0.1) is 6.54 Å². The van der Waals surface area contributed by atoms with Gasteiger partial charge in [-0.15, -0.1) is 0 Å². The van der Waals surface area contributed by atoms with Crippen molar-refractivity contribution in [1.82, 2.24) is 9.88 Å². The van der Waals surface area contributed by atoms with E-state index in [1.807, 2.05) is 0 Å². The Kier molecular flexibility index (Phi) is 2.72. The minimum atomic E-state index is -1.05. The van der Waals surface area contributed by atoms with Crippen LogP contribution < -0.4 is 0 Å². The molecule has 1 aromatic heterocycles. The van der Waals surface area contributed by atoms with Crippen molar-refractivity contribution in [1.29, 1.82) is 0 Å². The minimum absolute atomic E-state index is 0.247. The van der Waals surface area contributed by atoms with Crippen LogP contribution in [0.15, 0.2) is 24.5 Å². The van der Waals surface area contributed by atoms with Gasteiger partial charge >= 0.3 is 12.1 Å². The Morgan fingerprint density at radius 2 is 2.50 bits per heavy atom. The third-order valence-electron chi connectivity index (χ3n) is 2.27. The maximum atomic E-state index is 11.3. The van der Waals surface area contributed by atoms with Crippen LogP contribution in [0.25, 0.3) is 0 Å². The van der Waals surface area contributed by atoms with Gasteiger partial charge in [0, 0.05) is 18.0 Å². The average molecular weight is 222 g/mol. The smallest absolute Gasteiger partial charge is 0.411 e. The highest BCUT2D eigenvalue weighted by molar-refractivity contribution is 5.78. The fourth-order valence-corrected chi connectivity index (χ4v) is 1.54. The number of nitrogens with zero attached hydrogens (tertiary/aromatic N) is 2. The topological polar surface area (TPSA) is 79.7 Å². The fourth-order valence-electron chi connectivity index (χ4n) is 1.54. The van der Waals surface area contributed by atoms with E-state index in [0.29, 0.717) is 0 Å². The van der Waals surface area contributed by atoms with Crippen molar-refractivity contribution >= 4 is 12.1 Å². The zero-order chi connectivity index (χ0) is 11.5. The normalized spacial score (nSPS) is 19.6. The highest BCUT2D eigenvalue weighted by Crippen LogP contribution is 2.24. The SMILES string of the molecule is O=C(O)CN1CC(c2cccnc2)OC1=O. The molecular formula is C10H10N2O4. The van der Waals surface area contributed by atoms with Gasteiger partial charge in [-0.25, -0.2) is 4.79 Å². The van der Waals surface area contributed by atoms with E-state index in [1.54, 1.807) is 24.5 Å². The number of carboxylic acids is 1. The summed E-state index contributed by atoms with van der Waals surface area (Å²) in [7, 11) is 0. The molecule has 0 saturated carbocycles. The van der Waals surface area contributed by atoms with Crippen LogP contribution >= 0.6 is 0 Å². The van der Waals surface area contributed by atoms with E-state index in [9.17, 15) is 9.59 Å². The van der Waals surface area contributed by atoms with Gasteiger partial charge in [0.25, 0.3) is 0 Å². The van der Waals surface area contributed by atoms with Gasteiger partial charge < -0.3 is 9.84 Å². The molecule has 16 heavy (non-hydrogen) atoms. The standard InChI is InChI=1S/C10H10N2O4/c13-9(14)6-12-5-8(16-10(12)15)7-2-1-3-11-4-7/h1-4,8H,5-6H2,(H,13,14). The Labute approximate surface area is 91.5 Å². The molecule has 0 spiro atoms. The molecule has 6 nitrogen and oxygen atoms in total. The van der Waals surface area contributed by atoms with E-state index in [0.717, 1.165) is 10.5 Å². The first-order valence-corrected chi connectivity index (χ1v) is 4.74. The lowest BCUT2D eigenvalue weighted by Crippen LogP contribution is -2.30. The third kappa shape index (κ3) is 2.10. The summed E-state index contributed by atoms with van der Waals surface area (Å²) in [5, 5.41) is 8.59. The number of rotatable bonds is 3. The summed E-state index contributed by atoms with van der Waals surface area (Å²) < 4.78 is 5.04. The molecule has 1 aliphatic heterocycles. The molecule has 1 fully saturated rings. The zero-order valence-corrected chi connectivity index (χ0v) is 8.37. The maximum Gasteiger partial charge on any atom is 0.411 e. The van der Waals surface area contributed by atoms with Gasteiger partial charge in [-0.05, 0) is 6.07 Å². The van der Waals surface area contributed by atoms with Crippen molar-refractivity contribution in [3.8, 4) is 0 Å². The Balaban J connectivity index is 2.07. The molecule has 1 N–H and O–H groups in total. The molecule has 1 unspecified atom stereocenters. The predicted octanol–water partition coefficient (Wildman–Crippen LogP) is 0.659. The van der Waals surface area contributed by atoms with E-state index in [-0.39, 0.29) is 13.1 Å². The number of aromatic nitrogens is 1. The summed E-state index contributed by atoms with van der Waals surface area (Å²) in [4.78, 5) is 26.9. The number of carbonyl (C=O) groups excluding carboxylic acids is 1. The molecule has 1 aliphatic rings. The number of aliphatic carboxylic acids is 1. The summed E-state index contributed by atoms with van der Waals surface area (Å²) in [6, 6.07) is 3.53. The second-order valence-corrected chi connectivity index (χ2v) is 3.43. The molecule has 1 amide bonds. The molecule has 1 atom stereocenters. The largest absolute Gasteiger partial charge is 0.480 e. The van der Waals surface area contributed by atoms with Gasteiger partial charge in [0.2, 0.25) is 0 Å². The number of carboxylic acid groups (broad SMARTS) is 1. The molecule has 0 bridgehead atoms. The van der Waals surface area contributed by atoms with Crippen LogP contribution in [-0.2, 0) is 9.53 Å². The van der Waals surface area contributed by atoms with Crippen molar-refractivity contribution in [3.63, 3.8) is 0 Å². The van der Waals surface area contributed by atoms with Crippen molar-refractivity contribution in [2.75, 3.05) is 13.1 Å². The number of amides is 1. The number of pyridine rings is 1. The molecule has 6 heteroatoms. The van der Waals surface area contributed by atoms with Crippen molar-refractivity contribution in [3.05, 3.63) is 30.1 Å². The van der Waals surface area contributed by atoms with E-state index in [4.69, 9.17) is 9.84 Å². The fraction of sp³-hybridized carbons (Fsp3) is 0.300. The third-order valence-corrected chi connectivity index (χ3v) is 2.27. The van der Waals surface area contributed by atoms with Crippen LogP contribution in [0.2, 0.25) is 0 Å². The van der Waals surface area contributed by atoms with Crippen molar-refractivity contribution in [2.24, 2.45) is 0 Å². The van der Waals surface area contributed by atoms with E-state index >= 15 is 0 Å². The molecule has 0 radical (unpaired) electrons. The van der Waals surface area contributed by atoms with Crippen LogP contribution in [0.5, 0.6) is 0 Å². The first kappa shape index (κ1) is 10.4. The number of hydrogen-bond acceptors (Lipinski definition) is 4. The minimum Gasteiger partial charge on any atom is -0.480 e. The quantitative estimate of drug-likeness (QED) is 0.812. The lowest BCUT2D eigenvalue weighted by molar-refractivity contribution is -0.137.